The first-order valence-corrected chi connectivity index (χ1v) is 8.65. The summed E-state index contributed by atoms with van der Waals surface area (Å²) in [6.45, 7) is 1.14. The third-order valence-corrected chi connectivity index (χ3v) is 6.85. The zero-order valence-electron chi connectivity index (χ0n) is 12.4. The van der Waals surface area contributed by atoms with Crippen molar-refractivity contribution >= 4 is 0 Å². The standard InChI is InChI=1S/C18H26N2/c19-16-1-2-20-11-15(6-17(20)7-16)18-8-12-3-13(9-18)5-14(4-12)10-18/h6,11-14,16H,1-5,7-10,19H2. The van der Waals surface area contributed by atoms with Crippen molar-refractivity contribution in [1.29, 1.82) is 0 Å². The summed E-state index contributed by atoms with van der Waals surface area (Å²) in [5, 5.41) is 0. The Morgan fingerprint density at radius 2 is 1.70 bits per heavy atom. The number of nitrogens with two attached hydrogens (primary N) is 1. The van der Waals surface area contributed by atoms with Gasteiger partial charge >= 0.3 is 0 Å². The molecule has 0 amide bonds. The normalized spacial score (nSPS) is 45.6. The fourth-order valence-electron chi connectivity index (χ4n) is 6.36. The van der Waals surface area contributed by atoms with Gasteiger partial charge in [0.25, 0.3) is 0 Å². The second kappa shape index (κ2) is 3.91. The van der Waals surface area contributed by atoms with E-state index in [2.05, 4.69) is 16.8 Å². The van der Waals surface area contributed by atoms with Crippen molar-refractivity contribution in [2.75, 3.05) is 0 Å². The average Bonchev–Trinajstić information content (AvgIpc) is 2.80. The van der Waals surface area contributed by atoms with Gasteiger partial charge in [-0.25, -0.2) is 0 Å². The first kappa shape index (κ1) is 11.9. The third kappa shape index (κ3) is 1.60. The van der Waals surface area contributed by atoms with Gasteiger partial charge in [-0.1, -0.05) is 0 Å². The Bertz CT molecular complexity index is 506. The predicted octanol–water partition coefficient (Wildman–Crippen LogP) is 3.23. The van der Waals surface area contributed by atoms with Gasteiger partial charge in [0.2, 0.25) is 0 Å². The van der Waals surface area contributed by atoms with Crippen molar-refractivity contribution < 1.29 is 0 Å². The molecule has 0 spiro atoms. The number of aryl methyl sites for hydroxylation is 1. The predicted molar refractivity (Wildman–Crippen MR) is 80.6 cm³/mol. The van der Waals surface area contributed by atoms with E-state index in [4.69, 9.17) is 5.73 Å². The summed E-state index contributed by atoms with van der Waals surface area (Å²) in [4.78, 5) is 0. The second-order valence-corrected chi connectivity index (χ2v) is 8.36. The highest BCUT2D eigenvalue weighted by atomic mass is 15.0. The molecule has 1 unspecified atom stereocenters. The zero-order chi connectivity index (χ0) is 13.3. The van der Waals surface area contributed by atoms with E-state index in [-0.39, 0.29) is 0 Å². The largest absolute Gasteiger partial charge is 0.351 e. The van der Waals surface area contributed by atoms with Crippen LogP contribution in [-0.4, -0.2) is 10.6 Å². The van der Waals surface area contributed by atoms with E-state index in [1.165, 1.54) is 44.2 Å². The molecule has 1 aromatic heterocycles. The zero-order valence-corrected chi connectivity index (χ0v) is 12.4. The molecule has 2 N–H and O–H groups in total. The van der Waals surface area contributed by atoms with Crippen LogP contribution in [0.2, 0.25) is 0 Å². The van der Waals surface area contributed by atoms with Gasteiger partial charge in [-0.05, 0) is 79.7 Å². The lowest BCUT2D eigenvalue weighted by atomic mass is 9.48. The number of rotatable bonds is 1. The highest BCUT2D eigenvalue weighted by molar-refractivity contribution is 5.32. The second-order valence-electron chi connectivity index (χ2n) is 8.36. The summed E-state index contributed by atoms with van der Waals surface area (Å²) in [5.74, 6) is 3.13. The van der Waals surface area contributed by atoms with Gasteiger partial charge in [0.15, 0.2) is 0 Å². The Balaban J connectivity index is 1.53. The summed E-state index contributed by atoms with van der Waals surface area (Å²) in [5.41, 5.74) is 9.90. The van der Waals surface area contributed by atoms with Crippen molar-refractivity contribution in [2.45, 2.75) is 69.4 Å². The van der Waals surface area contributed by atoms with Gasteiger partial charge in [-0.3, -0.25) is 0 Å². The minimum absolute atomic E-state index is 0.390. The van der Waals surface area contributed by atoms with Gasteiger partial charge in [-0.2, -0.15) is 0 Å². The molecule has 2 heteroatoms. The van der Waals surface area contributed by atoms with Crippen LogP contribution in [0.15, 0.2) is 12.3 Å². The van der Waals surface area contributed by atoms with Crippen LogP contribution >= 0.6 is 0 Å². The Labute approximate surface area is 121 Å². The van der Waals surface area contributed by atoms with E-state index >= 15 is 0 Å². The van der Waals surface area contributed by atoms with Gasteiger partial charge < -0.3 is 10.3 Å². The Kier molecular flexibility index (Phi) is 2.32. The maximum Gasteiger partial charge on any atom is 0.0237 e. The summed E-state index contributed by atoms with van der Waals surface area (Å²) in [6, 6.07) is 2.92. The Morgan fingerprint density at radius 1 is 1.05 bits per heavy atom. The average molecular weight is 270 g/mol. The molecule has 2 nitrogen and oxygen atoms in total. The van der Waals surface area contributed by atoms with Gasteiger partial charge in [0, 0.05) is 30.9 Å². The van der Waals surface area contributed by atoms with Crippen LogP contribution in [0.3, 0.4) is 0 Å². The van der Waals surface area contributed by atoms with Crippen molar-refractivity contribution in [1.82, 2.24) is 4.57 Å². The quantitative estimate of drug-likeness (QED) is 0.834. The van der Waals surface area contributed by atoms with Crippen LogP contribution in [0, 0.1) is 17.8 Å². The third-order valence-electron chi connectivity index (χ3n) is 6.85. The van der Waals surface area contributed by atoms with Gasteiger partial charge in [-0.15, -0.1) is 0 Å². The van der Waals surface area contributed by atoms with Crippen LogP contribution in [0.1, 0.15) is 56.2 Å². The minimum Gasteiger partial charge on any atom is -0.351 e. The smallest absolute Gasteiger partial charge is 0.0237 e. The molecular formula is C18H26N2. The number of fused-ring (bicyclic) bond motifs is 1. The Morgan fingerprint density at radius 3 is 2.35 bits per heavy atom. The molecule has 6 rings (SSSR count). The maximum absolute atomic E-state index is 6.15. The molecular weight excluding hydrogens is 244 g/mol. The highest BCUT2D eigenvalue weighted by Gasteiger charge is 2.52. The molecule has 0 saturated heterocycles. The molecule has 1 aliphatic heterocycles. The van der Waals surface area contributed by atoms with Crippen molar-refractivity contribution in [3.05, 3.63) is 23.5 Å². The van der Waals surface area contributed by atoms with Crippen LogP contribution in [0.5, 0.6) is 0 Å². The van der Waals surface area contributed by atoms with Crippen molar-refractivity contribution in [3.8, 4) is 0 Å². The molecule has 5 aliphatic rings. The molecule has 4 aliphatic carbocycles. The first-order chi connectivity index (χ1) is 9.70. The molecule has 1 aromatic rings. The van der Waals surface area contributed by atoms with Crippen molar-refractivity contribution in [3.63, 3.8) is 0 Å². The van der Waals surface area contributed by atoms with E-state index in [1.807, 2.05) is 0 Å². The highest BCUT2D eigenvalue weighted by Crippen LogP contribution is 2.60. The lowest BCUT2D eigenvalue weighted by molar-refractivity contribution is -0.00519. The Hall–Kier alpha value is -0.760. The SMILES string of the molecule is NC1CCn2cc(C34CC5CC(CC(C5)C3)C4)cc2C1. The van der Waals surface area contributed by atoms with Crippen LogP contribution in [-0.2, 0) is 18.4 Å². The monoisotopic (exact) mass is 270 g/mol. The molecule has 0 aromatic carbocycles. The van der Waals surface area contributed by atoms with E-state index in [0.717, 1.165) is 37.1 Å². The molecule has 108 valence electrons. The number of hydrogen-bond donors (Lipinski definition) is 1. The molecule has 20 heavy (non-hydrogen) atoms. The van der Waals surface area contributed by atoms with Gasteiger partial charge in [0.05, 0.1) is 0 Å². The first-order valence-electron chi connectivity index (χ1n) is 8.65. The fourth-order valence-corrected chi connectivity index (χ4v) is 6.36. The van der Waals surface area contributed by atoms with Crippen LogP contribution in [0.25, 0.3) is 0 Å². The van der Waals surface area contributed by atoms with E-state index in [1.54, 1.807) is 5.56 Å². The molecule has 4 bridgehead atoms. The van der Waals surface area contributed by atoms with Crippen LogP contribution in [0.4, 0.5) is 0 Å². The summed E-state index contributed by atoms with van der Waals surface area (Å²) >= 11 is 0. The summed E-state index contributed by atoms with van der Waals surface area (Å²) < 4.78 is 2.51. The minimum atomic E-state index is 0.390. The number of hydrogen-bond acceptors (Lipinski definition) is 1. The number of nitrogens with zero attached hydrogens (tertiary/aromatic N) is 1. The topological polar surface area (TPSA) is 30.9 Å². The maximum atomic E-state index is 6.15. The van der Waals surface area contributed by atoms with E-state index in [9.17, 15) is 0 Å². The lowest BCUT2D eigenvalue weighted by Gasteiger charge is -2.56. The molecule has 4 fully saturated rings. The molecule has 0 radical (unpaired) electrons. The molecule has 1 atom stereocenters. The van der Waals surface area contributed by atoms with Crippen molar-refractivity contribution in [2.24, 2.45) is 23.5 Å². The van der Waals surface area contributed by atoms with Crippen LogP contribution < -0.4 is 5.73 Å². The summed E-state index contributed by atoms with van der Waals surface area (Å²) in [7, 11) is 0. The van der Waals surface area contributed by atoms with E-state index in [0.29, 0.717) is 11.5 Å². The molecule has 4 saturated carbocycles. The van der Waals surface area contributed by atoms with E-state index < -0.39 is 0 Å². The summed E-state index contributed by atoms with van der Waals surface area (Å²) in [6.07, 6.45) is 13.8. The fraction of sp³-hybridized carbons (Fsp3) is 0.778. The number of aromatic nitrogens is 1. The lowest BCUT2D eigenvalue weighted by Crippen LogP contribution is -2.48. The van der Waals surface area contributed by atoms with Gasteiger partial charge in [0.1, 0.15) is 0 Å². The molecule has 2 heterocycles.